The first-order valence-corrected chi connectivity index (χ1v) is 40.1. The van der Waals surface area contributed by atoms with Gasteiger partial charge < -0.3 is 142 Å². The number of carbonyl (C=O) groups is 16. The van der Waals surface area contributed by atoms with Crippen molar-refractivity contribution >= 4 is 124 Å². The molecule has 0 bridgehead atoms. The van der Waals surface area contributed by atoms with Crippen LogP contribution in [0.3, 0.4) is 0 Å². The van der Waals surface area contributed by atoms with Gasteiger partial charge in [0.2, 0.25) is 60.2 Å². The molecule has 5 aliphatic rings. The highest BCUT2D eigenvalue weighted by Gasteiger charge is 2.51. The van der Waals surface area contributed by atoms with Crippen LogP contribution in [0, 0.1) is 0 Å². The summed E-state index contributed by atoms with van der Waals surface area (Å²) in [6.07, 6.45) is -22.0. The summed E-state index contributed by atoms with van der Waals surface area (Å²) >= 11 is 1.20. The van der Waals surface area contributed by atoms with Crippen LogP contribution in [0.25, 0.3) is 0 Å². The number of aliphatic hydroxyl groups is 9. The van der Waals surface area contributed by atoms with Gasteiger partial charge in [-0.15, -0.1) is 11.8 Å². The summed E-state index contributed by atoms with van der Waals surface area (Å²) in [7, 11) is 0. The van der Waals surface area contributed by atoms with Crippen LogP contribution < -0.4 is 52.3 Å². The number of thioether (sulfide) groups is 1. The van der Waals surface area contributed by atoms with Gasteiger partial charge >= 0.3 is 35.8 Å². The van der Waals surface area contributed by atoms with E-state index in [9.17, 15) is 133 Å². The largest absolute Gasteiger partial charge is 0.479 e. The molecule has 17 atom stereocenters. The zero-order valence-corrected chi connectivity index (χ0v) is 68.9. The number of ether oxygens (including phenoxy) is 9. The number of nitrogens with one attached hydrogen (secondary N) is 5. The molecule has 5 aliphatic heterocycles. The number of carbonyl (C=O) groups excluding carboxylic acids is 13. The number of amides is 9. The van der Waals surface area contributed by atoms with Crippen molar-refractivity contribution in [3.8, 4) is 17.2 Å². The summed E-state index contributed by atoms with van der Waals surface area (Å²) in [4.78, 5) is 191. The number of Topliss-reactive ketones (excluding diaryl/α,β-unsaturated/α-hetero) is 1. The second-order valence-corrected chi connectivity index (χ2v) is 29.9. The highest BCUT2D eigenvalue weighted by molar-refractivity contribution is 8.00. The summed E-state index contributed by atoms with van der Waals surface area (Å²) in [5, 5.41) is 131. The van der Waals surface area contributed by atoms with Crippen molar-refractivity contribution in [3.63, 3.8) is 0 Å². The second kappa shape index (κ2) is 54.1. The third-order valence-corrected chi connectivity index (χ3v) is 20.2. The zero-order chi connectivity index (χ0) is 92.6. The first-order valence-electron chi connectivity index (χ1n) is 39.0. The molecule has 3 aromatic carbocycles. The summed E-state index contributed by atoms with van der Waals surface area (Å²) in [6, 6.07) is 12.0. The molecule has 4 fully saturated rings. The van der Waals surface area contributed by atoms with E-state index in [0.717, 1.165) is 4.90 Å². The number of carboxylic acids is 3. The van der Waals surface area contributed by atoms with Gasteiger partial charge in [0.25, 0.3) is 11.8 Å². The van der Waals surface area contributed by atoms with E-state index >= 15 is 0 Å². The quantitative estimate of drug-likeness (QED) is 0.0126. The smallest absolute Gasteiger partial charge is 0.335 e. The molecule has 0 radical (unpaired) electrons. The van der Waals surface area contributed by atoms with Gasteiger partial charge in [-0.05, 0) is 85.7 Å². The van der Waals surface area contributed by atoms with Gasteiger partial charge in [0.05, 0.1) is 28.4 Å². The number of nitrogens with zero attached hydrogens (tertiary/aromatic N) is 2. The van der Waals surface area contributed by atoms with Crippen LogP contribution in [0.4, 0.5) is 17.1 Å². The number of imide groups is 2. The fraction of sp³-hybridized carbons (Fsp3) is 0.556. The van der Waals surface area contributed by atoms with Gasteiger partial charge in [0.15, 0.2) is 18.3 Å². The number of aliphatic hydroxyl groups excluding tert-OH is 9. The van der Waals surface area contributed by atoms with Crippen LogP contribution in [-0.4, -0.2) is 308 Å². The molecule has 0 aromatic heterocycles. The zero-order valence-electron chi connectivity index (χ0n) is 68.0. The molecular weight excluding hydrogens is 1720 g/mol. The third-order valence-electron chi connectivity index (χ3n) is 18.8. The summed E-state index contributed by atoms with van der Waals surface area (Å²) in [5.74, 6) is -10.1. The molecule has 712 valence electrons. The average Bonchev–Trinajstić information content (AvgIpc) is 1.09. The number of benzene rings is 3. The first-order chi connectivity index (χ1) is 59.1. The van der Waals surface area contributed by atoms with E-state index in [-0.39, 0.29) is 195 Å². The average molecular weight is 1840 g/mol. The minimum Gasteiger partial charge on any atom is -0.479 e. The van der Waals surface area contributed by atoms with Gasteiger partial charge in [-0.1, -0.05) is 53.3 Å². The summed E-state index contributed by atoms with van der Waals surface area (Å²) in [6.45, 7) is 5.17. The number of nitrogens with two attached hydrogens (primary N) is 2. The van der Waals surface area contributed by atoms with E-state index in [4.69, 9.17) is 59.2 Å². The number of anilines is 3. The van der Waals surface area contributed by atoms with Crippen molar-refractivity contribution in [2.24, 2.45) is 11.5 Å². The number of hydrogen-bond donors (Lipinski definition) is 19. The number of carboxylic acid groups (broad SMARTS) is 3. The lowest BCUT2D eigenvalue weighted by Gasteiger charge is -2.38. The molecule has 0 aliphatic carbocycles. The molecule has 5 heterocycles. The van der Waals surface area contributed by atoms with E-state index in [2.05, 4.69) is 26.6 Å². The predicted molar refractivity (Wildman–Crippen MR) is 445 cm³/mol. The Morgan fingerprint density at radius 1 is 0.445 bits per heavy atom. The van der Waals surface area contributed by atoms with Crippen LogP contribution >= 0.6 is 11.8 Å². The van der Waals surface area contributed by atoms with Crippen LogP contribution in [0.2, 0.25) is 0 Å². The number of hydrogen-bond acceptors (Lipinski definition) is 37. The second-order valence-electron chi connectivity index (χ2n) is 28.7. The third kappa shape index (κ3) is 34.4. The highest BCUT2D eigenvalue weighted by atomic mass is 32.2. The van der Waals surface area contributed by atoms with E-state index in [1.54, 1.807) is 0 Å². The molecule has 4 saturated heterocycles. The van der Waals surface area contributed by atoms with Crippen molar-refractivity contribution < 1.29 is 181 Å². The number of esters is 3. The number of rotatable bonds is 42. The van der Waals surface area contributed by atoms with Gasteiger partial charge in [-0.3, -0.25) is 72.1 Å². The van der Waals surface area contributed by atoms with Gasteiger partial charge in [0.1, 0.15) is 97.8 Å². The van der Waals surface area contributed by atoms with Crippen LogP contribution in [0.15, 0.2) is 66.7 Å². The fourth-order valence-electron chi connectivity index (χ4n) is 12.0. The maximum atomic E-state index is 12.8. The molecule has 47 heteroatoms. The monoisotopic (exact) mass is 1840 g/mol. The molecule has 46 nitrogen and oxygen atoms in total. The molecule has 1 unspecified atom stereocenters. The van der Waals surface area contributed by atoms with Crippen molar-refractivity contribution in [3.05, 3.63) is 83.4 Å². The Balaban J connectivity index is 0.000000504. The molecule has 21 N–H and O–H groups in total. The molecule has 9 amide bonds. The fourth-order valence-corrected chi connectivity index (χ4v) is 13.2. The Bertz CT molecular complexity index is 4350. The number of unbranched alkanes of at least 4 members (excludes halogenated alkanes) is 4. The maximum absolute atomic E-state index is 12.8. The van der Waals surface area contributed by atoms with Crippen LogP contribution in [-0.2, 0) is 125 Å². The minimum absolute atomic E-state index is 0. The van der Waals surface area contributed by atoms with Gasteiger partial charge in [0, 0.05) is 110 Å². The summed E-state index contributed by atoms with van der Waals surface area (Å²) < 4.78 is 46.9. The number of aliphatic carboxylic acids is 3. The maximum Gasteiger partial charge on any atom is 0.335 e. The van der Waals surface area contributed by atoms with Gasteiger partial charge in [-0.25, -0.2) is 14.4 Å². The van der Waals surface area contributed by atoms with Crippen molar-refractivity contribution in [2.45, 2.75) is 250 Å². The highest BCUT2D eigenvalue weighted by Crippen LogP contribution is 2.36. The number of ketones is 1. The lowest BCUT2D eigenvalue weighted by Crippen LogP contribution is -2.61. The Kier molecular flexibility index (Phi) is 46.9. The van der Waals surface area contributed by atoms with E-state index in [1.807, 2.05) is 0 Å². The van der Waals surface area contributed by atoms with Gasteiger partial charge in [-0.2, -0.15) is 0 Å². The number of likely N-dealkylation sites (tertiary alicyclic amines) is 1. The van der Waals surface area contributed by atoms with Crippen molar-refractivity contribution in [2.75, 3.05) is 54.4 Å². The molecule has 8 rings (SSSR count). The Hall–Kier alpha value is -11.3. The topological polar surface area (TPSA) is 718 Å². The van der Waals surface area contributed by atoms with E-state index < -0.39 is 157 Å². The molecule has 128 heavy (non-hydrogen) atoms. The lowest BCUT2D eigenvalue weighted by molar-refractivity contribution is -0.271. The van der Waals surface area contributed by atoms with Crippen molar-refractivity contribution in [1.29, 1.82) is 0 Å². The summed E-state index contributed by atoms with van der Waals surface area (Å²) in [5.41, 5.74) is 12.6. The Morgan fingerprint density at radius 2 is 0.773 bits per heavy atom. The minimum atomic E-state index is -1.94. The van der Waals surface area contributed by atoms with Crippen molar-refractivity contribution in [1.82, 2.24) is 20.4 Å². The molecular formula is C81H115N9O37S. The van der Waals surface area contributed by atoms with Crippen LogP contribution in [0.1, 0.15) is 144 Å². The first kappa shape index (κ1) is 111. The Labute approximate surface area is 738 Å². The van der Waals surface area contributed by atoms with Crippen LogP contribution in [0.5, 0.6) is 17.2 Å². The molecule has 3 aromatic rings. The Morgan fingerprint density at radius 3 is 1.09 bits per heavy atom. The van der Waals surface area contributed by atoms with E-state index in [0.29, 0.717) is 55.2 Å². The normalized spacial score (nSPS) is 23.4. The SMILES string of the molecule is C.C.C.CC(=O)OCc1ccc(O[C@@H]2O[C@H](C(=O)O)[C@@H](O)[C@H](O)[C@H]2O)c(NC(=O)CCN)c1.CC(=O)OCc1ccc(O[C@@H]2O[C@H](C(=O)O)[C@@H](O)[C@H](O)[C@H]2O)c(NC(=O)CCNC(=O)CCCCCN2C(=O)C=CC2=O)c1.CC(=O)OCc1ccc(O[C@@H]2O[C@H](C(=O)O)[C@@H](O)[C@H](O)[C@H]2O)c(NC(=O)CCNC(=O)CCCCCN2C(=O)CC(SC[C@H](N)C(C)=O)C2=O)c1. The van der Waals surface area contributed by atoms with E-state index in [1.165, 1.54) is 111 Å². The standard InChI is InChI=1S/C32H44N4O14S.C28H35N3O13.C18H24N2O10.3CH4/c1-16(37)19(33)15-51-22-13-25(41)36(30(22)45)11-5-3-4-6-23(39)34-10-9-24(40)35-20-12-18(14-48-17(2)38)7-8-21(20)49-32-28(44)26(42)27(43)29(50-32)31(46)47;1-15(32)42-14-16-6-7-18(43-28-25(39)23(37)24(38)26(44-28)27(40)41)17(13-16)30-20(34)10-11-29-19(33)5-3-2-4-12-31-21(35)8-9-22(31)36;1-8(21)28-7-9-2-3-11(10(6-9)20-12(22)4-5-19)29-18-15(25)13(23)14(24)16(30-18)17(26)27;;;/h7-8,12,19,22,26-29,32,42-44H,3-6,9-11,13-15,33H2,1-2H3,(H,34,39)(H,35,40)(H,46,47);6-9,13,23-26,28,37-39H,2-5,10-12,14H2,1H3,(H,29,33)(H,30,34)(H,40,41);2-3,6,13-16,18,23-25H,4-5,7,19H2,1H3,(H,20,22)(H,26,27);3*1H4/t19-,22?,26-,27-,28+,29-,32+;23-,24-,25+,26-,28+;13-,14-,15+,16-,18+;;;/m000.../s1. The lowest BCUT2D eigenvalue weighted by atomic mass is 9.99. The predicted octanol–water partition coefficient (Wildman–Crippen LogP) is -2.03. The molecule has 0 spiro atoms. The molecule has 0 saturated carbocycles.